The molecule has 0 aliphatic carbocycles. The van der Waals surface area contributed by atoms with E-state index < -0.39 is 0 Å². The van der Waals surface area contributed by atoms with Gasteiger partial charge in [-0.3, -0.25) is 10.2 Å². The van der Waals surface area contributed by atoms with Crippen LogP contribution >= 0.6 is 12.2 Å². The Labute approximate surface area is 106 Å². The Morgan fingerprint density at radius 2 is 1.88 bits per heavy atom. The van der Waals surface area contributed by atoms with E-state index in [0.717, 1.165) is 12.2 Å². The van der Waals surface area contributed by atoms with Crippen LogP contribution in [0.2, 0.25) is 0 Å². The fourth-order valence-electron chi connectivity index (χ4n) is 2.05. The Morgan fingerprint density at radius 1 is 1.18 bits per heavy atom. The molecule has 4 heteroatoms. The SMILES string of the molecule is CC(C)C(Cc1nc(=S)[nH][nH]1)c1ccccc1. The normalized spacial score (nSPS) is 12.9. The van der Waals surface area contributed by atoms with Crippen LogP contribution < -0.4 is 0 Å². The molecule has 0 aliphatic heterocycles. The summed E-state index contributed by atoms with van der Waals surface area (Å²) < 4.78 is 0.524. The Balaban J connectivity index is 2.22. The van der Waals surface area contributed by atoms with Gasteiger partial charge in [0.25, 0.3) is 0 Å². The van der Waals surface area contributed by atoms with Crippen LogP contribution in [0.1, 0.15) is 31.2 Å². The van der Waals surface area contributed by atoms with Crippen molar-refractivity contribution in [3.05, 3.63) is 46.5 Å². The van der Waals surface area contributed by atoms with E-state index in [4.69, 9.17) is 12.2 Å². The summed E-state index contributed by atoms with van der Waals surface area (Å²) in [5.41, 5.74) is 1.35. The molecule has 1 unspecified atom stereocenters. The highest BCUT2D eigenvalue weighted by molar-refractivity contribution is 7.71. The van der Waals surface area contributed by atoms with Gasteiger partial charge in [0.05, 0.1) is 0 Å². The van der Waals surface area contributed by atoms with Gasteiger partial charge in [-0.25, -0.2) is 4.98 Å². The largest absolute Gasteiger partial charge is 0.286 e. The Kier molecular flexibility index (Phi) is 3.74. The minimum absolute atomic E-state index is 0.463. The fourth-order valence-corrected chi connectivity index (χ4v) is 2.21. The maximum Gasteiger partial charge on any atom is 0.213 e. The highest BCUT2D eigenvalue weighted by Crippen LogP contribution is 2.27. The van der Waals surface area contributed by atoms with Crippen LogP contribution in [0, 0.1) is 10.7 Å². The smallest absolute Gasteiger partial charge is 0.213 e. The number of nitrogens with zero attached hydrogens (tertiary/aromatic N) is 1. The molecular formula is C13H17N3S. The van der Waals surface area contributed by atoms with Crippen LogP contribution in [0.25, 0.3) is 0 Å². The summed E-state index contributed by atoms with van der Waals surface area (Å²) in [6, 6.07) is 10.6. The van der Waals surface area contributed by atoms with Crippen molar-refractivity contribution in [2.45, 2.75) is 26.2 Å². The number of H-pyrrole nitrogens is 2. The van der Waals surface area contributed by atoms with Gasteiger partial charge in [-0.15, -0.1) is 0 Å². The molecule has 3 nitrogen and oxygen atoms in total. The van der Waals surface area contributed by atoms with E-state index in [9.17, 15) is 0 Å². The van der Waals surface area contributed by atoms with Gasteiger partial charge in [0.2, 0.25) is 4.77 Å². The Hall–Kier alpha value is -1.42. The lowest BCUT2D eigenvalue weighted by molar-refractivity contribution is 0.486. The van der Waals surface area contributed by atoms with Crippen molar-refractivity contribution in [2.75, 3.05) is 0 Å². The molecule has 2 N–H and O–H groups in total. The molecule has 0 aliphatic rings. The van der Waals surface area contributed by atoms with Crippen molar-refractivity contribution in [3.8, 4) is 0 Å². The third-order valence-corrected chi connectivity index (χ3v) is 3.19. The molecule has 1 atom stereocenters. The first-order valence-corrected chi connectivity index (χ1v) is 6.26. The third-order valence-electron chi connectivity index (χ3n) is 3.00. The van der Waals surface area contributed by atoms with Crippen LogP contribution in [-0.4, -0.2) is 15.2 Å². The molecule has 1 heterocycles. The average Bonchev–Trinajstić information content (AvgIpc) is 2.73. The molecule has 2 aromatic rings. The van der Waals surface area contributed by atoms with Gasteiger partial charge in [-0.2, -0.15) is 0 Å². The van der Waals surface area contributed by atoms with Crippen molar-refractivity contribution in [1.82, 2.24) is 15.2 Å². The van der Waals surface area contributed by atoms with E-state index in [1.807, 2.05) is 6.07 Å². The first-order valence-electron chi connectivity index (χ1n) is 5.85. The maximum absolute atomic E-state index is 4.97. The quantitative estimate of drug-likeness (QED) is 0.813. The summed E-state index contributed by atoms with van der Waals surface area (Å²) in [6.45, 7) is 4.47. The summed E-state index contributed by atoms with van der Waals surface area (Å²) in [7, 11) is 0. The van der Waals surface area contributed by atoms with Gasteiger partial charge in [0.15, 0.2) is 0 Å². The van der Waals surface area contributed by atoms with E-state index in [2.05, 4.69) is 53.3 Å². The number of rotatable bonds is 4. The molecule has 0 radical (unpaired) electrons. The zero-order valence-corrected chi connectivity index (χ0v) is 10.9. The maximum atomic E-state index is 4.97. The summed E-state index contributed by atoms with van der Waals surface area (Å²) in [5.74, 6) is 1.96. The van der Waals surface area contributed by atoms with Crippen molar-refractivity contribution in [2.24, 2.45) is 5.92 Å². The van der Waals surface area contributed by atoms with Crippen LogP contribution in [0.5, 0.6) is 0 Å². The third kappa shape index (κ3) is 3.03. The molecular weight excluding hydrogens is 230 g/mol. The molecule has 17 heavy (non-hydrogen) atoms. The van der Waals surface area contributed by atoms with Gasteiger partial charge in [-0.05, 0) is 29.6 Å². The van der Waals surface area contributed by atoms with Gasteiger partial charge in [0, 0.05) is 6.42 Å². The van der Waals surface area contributed by atoms with Gasteiger partial charge < -0.3 is 0 Å². The molecule has 90 valence electrons. The lowest BCUT2D eigenvalue weighted by Crippen LogP contribution is -2.11. The molecule has 0 saturated heterocycles. The molecule has 1 aromatic heterocycles. The van der Waals surface area contributed by atoms with Crippen LogP contribution in [0.15, 0.2) is 30.3 Å². The van der Waals surface area contributed by atoms with E-state index >= 15 is 0 Å². The predicted molar refractivity (Wildman–Crippen MR) is 71.5 cm³/mol. The first-order chi connectivity index (χ1) is 8.16. The standard InChI is InChI=1S/C13H17N3S/c1-9(2)11(10-6-4-3-5-7-10)8-12-14-13(17)16-15-12/h3-7,9,11H,8H2,1-2H3,(H2,14,15,16,17). The number of nitrogens with one attached hydrogen (secondary N) is 2. The average molecular weight is 247 g/mol. The van der Waals surface area contributed by atoms with Crippen molar-refractivity contribution in [3.63, 3.8) is 0 Å². The summed E-state index contributed by atoms with van der Waals surface area (Å²) in [5, 5.41) is 5.86. The molecule has 0 spiro atoms. The topological polar surface area (TPSA) is 44.5 Å². The second-order valence-electron chi connectivity index (χ2n) is 4.58. The van der Waals surface area contributed by atoms with Crippen LogP contribution in [0.4, 0.5) is 0 Å². The second kappa shape index (κ2) is 5.27. The number of aromatic nitrogens is 3. The summed E-state index contributed by atoms with van der Waals surface area (Å²) >= 11 is 4.97. The second-order valence-corrected chi connectivity index (χ2v) is 4.97. The van der Waals surface area contributed by atoms with E-state index in [0.29, 0.717) is 16.6 Å². The highest BCUT2D eigenvalue weighted by Gasteiger charge is 2.17. The monoisotopic (exact) mass is 247 g/mol. The van der Waals surface area contributed by atoms with Gasteiger partial charge in [-0.1, -0.05) is 44.2 Å². The molecule has 2 rings (SSSR count). The molecule has 0 fully saturated rings. The minimum atomic E-state index is 0.463. The van der Waals surface area contributed by atoms with Crippen molar-refractivity contribution >= 4 is 12.2 Å². The Morgan fingerprint density at radius 3 is 2.41 bits per heavy atom. The zero-order chi connectivity index (χ0) is 12.3. The number of hydrogen-bond acceptors (Lipinski definition) is 2. The number of aromatic amines is 2. The predicted octanol–water partition coefficient (Wildman–Crippen LogP) is 3.45. The van der Waals surface area contributed by atoms with Crippen LogP contribution in [-0.2, 0) is 6.42 Å². The first kappa shape index (κ1) is 12.0. The highest BCUT2D eigenvalue weighted by atomic mass is 32.1. The minimum Gasteiger partial charge on any atom is -0.286 e. The fraction of sp³-hybridized carbons (Fsp3) is 0.385. The molecule has 0 saturated carbocycles. The molecule has 1 aromatic carbocycles. The van der Waals surface area contributed by atoms with Crippen molar-refractivity contribution in [1.29, 1.82) is 0 Å². The molecule has 0 bridgehead atoms. The summed E-state index contributed by atoms with van der Waals surface area (Å²) in [6.07, 6.45) is 0.884. The van der Waals surface area contributed by atoms with E-state index in [1.165, 1.54) is 5.56 Å². The summed E-state index contributed by atoms with van der Waals surface area (Å²) in [4.78, 5) is 4.26. The van der Waals surface area contributed by atoms with Gasteiger partial charge in [0.1, 0.15) is 5.82 Å². The number of hydrogen-bond donors (Lipinski definition) is 2. The Bertz CT molecular complexity index is 513. The number of benzene rings is 1. The lowest BCUT2D eigenvalue weighted by atomic mass is 9.85. The van der Waals surface area contributed by atoms with Gasteiger partial charge >= 0.3 is 0 Å². The van der Waals surface area contributed by atoms with E-state index in [1.54, 1.807) is 0 Å². The molecule has 0 amide bonds. The van der Waals surface area contributed by atoms with Crippen molar-refractivity contribution < 1.29 is 0 Å². The zero-order valence-electron chi connectivity index (χ0n) is 10.1. The van der Waals surface area contributed by atoms with Crippen LogP contribution in [0.3, 0.4) is 0 Å². The lowest BCUT2D eigenvalue weighted by Gasteiger charge is -2.20. The van der Waals surface area contributed by atoms with E-state index in [-0.39, 0.29) is 0 Å².